The Hall–Kier alpha value is -2.88. The highest BCUT2D eigenvalue weighted by Gasteiger charge is 2.09. The largest absolute Gasteiger partial charge is 0.497 e. The molecule has 4 heteroatoms. The van der Waals surface area contributed by atoms with E-state index in [0.717, 1.165) is 33.2 Å². The number of carbonyl (C=O) groups is 1. The normalized spacial score (nSPS) is 10.6. The molecule has 0 radical (unpaired) electrons. The molecular formula is C20H20N2O2. The number of hydrogen-bond donors (Lipinski definition) is 1. The van der Waals surface area contributed by atoms with Gasteiger partial charge in [0.1, 0.15) is 5.75 Å². The first-order valence-corrected chi connectivity index (χ1v) is 7.99. The monoisotopic (exact) mass is 320 g/mol. The summed E-state index contributed by atoms with van der Waals surface area (Å²) in [6.07, 6.45) is 4.13. The maximum atomic E-state index is 11.5. The van der Waals surface area contributed by atoms with Crippen LogP contribution in [0.4, 0.5) is 0 Å². The van der Waals surface area contributed by atoms with Crippen molar-refractivity contribution in [3.63, 3.8) is 0 Å². The van der Waals surface area contributed by atoms with Gasteiger partial charge < -0.3 is 10.1 Å². The van der Waals surface area contributed by atoms with E-state index in [1.54, 1.807) is 13.3 Å². The van der Waals surface area contributed by atoms with Gasteiger partial charge in [-0.3, -0.25) is 9.78 Å². The Labute approximate surface area is 141 Å². The molecule has 1 N–H and O–H groups in total. The summed E-state index contributed by atoms with van der Waals surface area (Å²) in [5.41, 5.74) is 3.28. The molecule has 0 aliphatic carbocycles. The average molecular weight is 320 g/mol. The predicted molar refractivity (Wildman–Crippen MR) is 95.9 cm³/mol. The summed E-state index contributed by atoms with van der Waals surface area (Å²) >= 11 is 0. The van der Waals surface area contributed by atoms with Gasteiger partial charge in [0.25, 0.3) is 0 Å². The van der Waals surface area contributed by atoms with Gasteiger partial charge in [0.2, 0.25) is 5.91 Å². The second kappa shape index (κ2) is 7.13. The van der Waals surface area contributed by atoms with E-state index in [4.69, 9.17) is 4.74 Å². The highest BCUT2D eigenvalue weighted by Crippen LogP contribution is 2.32. The number of pyridine rings is 1. The second-order valence-corrected chi connectivity index (χ2v) is 5.56. The van der Waals surface area contributed by atoms with E-state index in [9.17, 15) is 4.79 Å². The van der Waals surface area contributed by atoms with Gasteiger partial charge in [0.15, 0.2) is 0 Å². The Morgan fingerprint density at radius 2 is 2.04 bits per heavy atom. The van der Waals surface area contributed by atoms with Gasteiger partial charge in [-0.25, -0.2) is 0 Å². The van der Waals surface area contributed by atoms with Gasteiger partial charge in [0, 0.05) is 30.7 Å². The van der Waals surface area contributed by atoms with Gasteiger partial charge in [-0.15, -0.1) is 0 Å². The molecule has 1 aromatic heterocycles. The Morgan fingerprint density at radius 3 is 2.83 bits per heavy atom. The first-order chi connectivity index (χ1) is 11.7. The highest BCUT2D eigenvalue weighted by molar-refractivity contribution is 5.98. The lowest BCUT2D eigenvalue weighted by molar-refractivity contribution is -0.120. The number of nitrogens with one attached hydrogen (secondary N) is 1. The summed E-state index contributed by atoms with van der Waals surface area (Å²) in [5.74, 6) is 0.873. The van der Waals surface area contributed by atoms with E-state index in [1.165, 1.54) is 0 Å². The van der Waals surface area contributed by atoms with Gasteiger partial charge in [0.05, 0.1) is 7.11 Å². The number of ether oxygens (including phenoxy) is 1. The first-order valence-electron chi connectivity index (χ1n) is 7.99. The van der Waals surface area contributed by atoms with E-state index in [-0.39, 0.29) is 5.91 Å². The van der Waals surface area contributed by atoms with Crippen molar-refractivity contribution in [1.29, 1.82) is 0 Å². The van der Waals surface area contributed by atoms with Crippen molar-refractivity contribution in [2.75, 3.05) is 7.11 Å². The molecule has 122 valence electrons. The molecule has 1 heterocycles. The lowest BCUT2D eigenvalue weighted by atomic mass is 9.96. The summed E-state index contributed by atoms with van der Waals surface area (Å²) in [7, 11) is 1.67. The maximum Gasteiger partial charge on any atom is 0.219 e. The van der Waals surface area contributed by atoms with Crippen molar-refractivity contribution in [2.45, 2.75) is 19.9 Å². The van der Waals surface area contributed by atoms with Gasteiger partial charge in [-0.2, -0.15) is 0 Å². The molecule has 0 saturated carbocycles. The molecule has 0 fully saturated rings. The fourth-order valence-electron chi connectivity index (χ4n) is 2.76. The number of rotatable bonds is 5. The topological polar surface area (TPSA) is 51.2 Å². The minimum Gasteiger partial charge on any atom is -0.497 e. The van der Waals surface area contributed by atoms with Crippen LogP contribution >= 0.6 is 0 Å². The third-order valence-electron chi connectivity index (χ3n) is 4.09. The SMILES string of the molecule is CCC(=O)NCc1ccc(-c2cccc(OC)c2)c2ccncc12. The Morgan fingerprint density at radius 1 is 1.17 bits per heavy atom. The van der Waals surface area contributed by atoms with Crippen LogP contribution < -0.4 is 10.1 Å². The van der Waals surface area contributed by atoms with Crippen molar-refractivity contribution >= 4 is 16.7 Å². The number of hydrogen-bond acceptors (Lipinski definition) is 3. The third kappa shape index (κ3) is 3.23. The molecule has 0 aliphatic rings. The first kappa shape index (κ1) is 16.0. The van der Waals surface area contributed by atoms with Crippen LogP contribution in [0.5, 0.6) is 5.75 Å². The van der Waals surface area contributed by atoms with E-state index in [0.29, 0.717) is 13.0 Å². The minimum absolute atomic E-state index is 0.0453. The molecule has 0 aliphatic heterocycles. The number of aromatic nitrogens is 1. The van der Waals surface area contributed by atoms with Gasteiger partial charge in [-0.05, 0) is 40.3 Å². The van der Waals surface area contributed by atoms with E-state index in [2.05, 4.69) is 28.5 Å². The van der Waals surface area contributed by atoms with Gasteiger partial charge in [-0.1, -0.05) is 31.2 Å². The predicted octanol–water partition coefficient (Wildman–Crippen LogP) is 3.94. The number of fused-ring (bicyclic) bond motifs is 1. The quantitative estimate of drug-likeness (QED) is 0.775. The number of carbonyl (C=O) groups excluding carboxylic acids is 1. The number of benzene rings is 2. The molecule has 1 amide bonds. The zero-order valence-corrected chi connectivity index (χ0v) is 13.9. The summed E-state index contributed by atoms with van der Waals surface area (Å²) in [5, 5.41) is 5.09. The molecule has 0 bridgehead atoms. The highest BCUT2D eigenvalue weighted by atomic mass is 16.5. The molecule has 24 heavy (non-hydrogen) atoms. The fraction of sp³-hybridized carbons (Fsp3) is 0.200. The number of amides is 1. The molecule has 0 unspecified atom stereocenters. The molecule has 3 aromatic rings. The standard InChI is InChI=1S/C20H20N2O2/c1-3-20(23)22-12-15-7-8-17(18-9-10-21-13-19(15)18)14-5-4-6-16(11-14)24-2/h4-11,13H,3,12H2,1-2H3,(H,22,23). The molecule has 0 spiro atoms. The summed E-state index contributed by atoms with van der Waals surface area (Å²) < 4.78 is 5.33. The second-order valence-electron chi connectivity index (χ2n) is 5.56. The van der Waals surface area contributed by atoms with Crippen LogP contribution in [0.1, 0.15) is 18.9 Å². The summed E-state index contributed by atoms with van der Waals surface area (Å²) in [6, 6.07) is 14.1. The van der Waals surface area contributed by atoms with Crippen LogP contribution in [0.2, 0.25) is 0 Å². The van der Waals surface area contributed by atoms with Crippen molar-refractivity contribution in [3.05, 3.63) is 60.4 Å². The molecule has 0 saturated heterocycles. The minimum atomic E-state index is 0.0453. The number of methoxy groups -OCH3 is 1. The van der Waals surface area contributed by atoms with Crippen LogP contribution in [0.15, 0.2) is 54.9 Å². The van der Waals surface area contributed by atoms with E-state index < -0.39 is 0 Å². The van der Waals surface area contributed by atoms with Crippen molar-refractivity contribution in [3.8, 4) is 16.9 Å². The summed E-state index contributed by atoms with van der Waals surface area (Å²) in [4.78, 5) is 15.8. The zero-order chi connectivity index (χ0) is 16.9. The van der Waals surface area contributed by atoms with Crippen LogP contribution in [0.3, 0.4) is 0 Å². The van der Waals surface area contributed by atoms with Crippen molar-refractivity contribution < 1.29 is 9.53 Å². The molecule has 2 aromatic carbocycles. The maximum absolute atomic E-state index is 11.5. The Bertz CT molecular complexity index is 874. The van der Waals surface area contributed by atoms with E-state index >= 15 is 0 Å². The lowest BCUT2D eigenvalue weighted by Crippen LogP contribution is -2.21. The van der Waals surface area contributed by atoms with Crippen LogP contribution in [0.25, 0.3) is 21.9 Å². The smallest absolute Gasteiger partial charge is 0.219 e. The zero-order valence-electron chi connectivity index (χ0n) is 13.9. The average Bonchev–Trinajstić information content (AvgIpc) is 2.65. The molecular weight excluding hydrogens is 300 g/mol. The Kier molecular flexibility index (Phi) is 4.75. The van der Waals surface area contributed by atoms with Crippen molar-refractivity contribution in [2.24, 2.45) is 0 Å². The number of nitrogens with zero attached hydrogens (tertiary/aromatic N) is 1. The van der Waals surface area contributed by atoms with Crippen LogP contribution in [-0.4, -0.2) is 18.0 Å². The van der Waals surface area contributed by atoms with Crippen LogP contribution in [-0.2, 0) is 11.3 Å². The van der Waals surface area contributed by atoms with E-state index in [1.807, 2.05) is 37.4 Å². The molecule has 4 nitrogen and oxygen atoms in total. The molecule has 0 atom stereocenters. The fourth-order valence-corrected chi connectivity index (χ4v) is 2.76. The lowest BCUT2D eigenvalue weighted by Gasteiger charge is -2.12. The molecule has 3 rings (SSSR count). The van der Waals surface area contributed by atoms with Crippen LogP contribution in [0, 0.1) is 0 Å². The Balaban J connectivity index is 2.06. The third-order valence-corrected chi connectivity index (χ3v) is 4.09. The summed E-state index contributed by atoms with van der Waals surface area (Å²) in [6.45, 7) is 2.36. The van der Waals surface area contributed by atoms with Crippen molar-refractivity contribution in [1.82, 2.24) is 10.3 Å². The van der Waals surface area contributed by atoms with Gasteiger partial charge >= 0.3 is 0 Å².